The molecular weight excluding hydrogens is 324 g/mol. The molecule has 0 spiro atoms. The van der Waals surface area contributed by atoms with Gasteiger partial charge in [-0.1, -0.05) is 15.9 Å². The molecule has 0 aliphatic carbocycles. The summed E-state index contributed by atoms with van der Waals surface area (Å²) < 4.78 is 6.34. The molecule has 1 unspecified atom stereocenters. The van der Waals surface area contributed by atoms with E-state index >= 15 is 0 Å². The Labute approximate surface area is 125 Å². The minimum atomic E-state index is 0.206. The van der Waals surface area contributed by atoms with Crippen LogP contribution in [0.25, 0.3) is 0 Å². The summed E-state index contributed by atoms with van der Waals surface area (Å²) in [5.74, 6) is 6.53. The largest absolute Gasteiger partial charge is 0.497 e. The Morgan fingerprint density at radius 2 is 2.21 bits per heavy atom. The number of hydrazine groups is 1. The average Bonchev–Trinajstić information content (AvgIpc) is 2.93. The van der Waals surface area contributed by atoms with Crippen molar-refractivity contribution in [1.82, 2.24) is 5.43 Å². The van der Waals surface area contributed by atoms with Crippen LogP contribution in [0.3, 0.4) is 0 Å². The van der Waals surface area contributed by atoms with Crippen LogP contribution in [-0.2, 0) is 12.8 Å². The second-order valence-corrected chi connectivity index (χ2v) is 6.00. The molecule has 102 valence electrons. The predicted molar refractivity (Wildman–Crippen MR) is 83.5 cm³/mol. The Bertz CT molecular complexity index is 516. The zero-order chi connectivity index (χ0) is 13.7. The molecule has 1 aromatic heterocycles. The maximum atomic E-state index is 5.66. The normalized spacial score (nSPS) is 12.4. The lowest BCUT2D eigenvalue weighted by molar-refractivity contribution is 0.413. The summed E-state index contributed by atoms with van der Waals surface area (Å²) in [6, 6.07) is 8.33. The van der Waals surface area contributed by atoms with Crippen molar-refractivity contribution in [3.05, 3.63) is 50.6 Å². The molecule has 5 heteroatoms. The van der Waals surface area contributed by atoms with Gasteiger partial charge in [0.2, 0.25) is 0 Å². The smallest absolute Gasteiger partial charge is 0.119 e. The van der Waals surface area contributed by atoms with Crippen molar-refractivity contribution in [2.24, 2.45) is 5.84 Å². The Morgan fingerprint density at radius 3 is 2.84 bits per heavy atom. The monoisotopic (exact) mass is 340 g/mol. The third-order valence-corrected chi connectivity index (χ3v) is 4.52. The highest BCUT2D eigenvalue weighted by molar-refractivity contribution is 9.10. The highest BCUT2D eigenvalue weighted by Crippen LogP contribution is 2.24. The van der Waals surface area contributed by atoms with E-state index in [1.807, 2.05) is 18.2 Å². The Hall–Kier alpha value is -0.880. The highest BCUT2D eigenvalue weighted by atomic mass is 79.9. The van der Waals surface area contributed by atoms with E-state index in [1.165, 1.54) is 11.1 Å². The van der Waals surface area contributed by atoms with Crippen molar-refractivity contribution in [3.63, 3.8) is 0 Å². The third kappa shape index (κ3) is 4.04. The Kier molecular flexibility index (Phi) is 5.39. The van der Waals surface area contributed by atoms with E-state index < -0.39 is 0 Å². The van der Waals surface area contributed by atoms with E-state index in [1.54, 1.807) is 18.4 Å². The summed E-state index contributed by atoms with van der Waals surface area (Å²) >= 11 is 5.28. The number of thiophene rings is 1. The molecule has 3 N–H and O–H groups in total. The number of halogens is 1. The Balaban J connectivity index is 2.09. The molecule has 0 bridgehead atoms. The molecule has 0 saturated heterocycles. The van der Waals surface area contributed by atoms with Gasteiger partial charge in [-0.2, -0.15) is 11.3 Å². The van der Waals surface area contributed by atoms with Crippen molar-refractivity contribution < 1.29 is 4.74 Å². The first-order chi connectivity index (χ1) is 9.22. The van der Waals surface area contributed by atoms with E-state index in [2.05, 4.69) is 38.2 Å². The van der Waals surface area contributed by atoms with E-state index in [4.69, 9.17) is 10.6 Å². The zero-order valence-electron chi connectivity index (χ0n) is 10.7. The standard InChI is InChI=1S/C14H17BrN2OS/c1-18-13-2-3-14(15)11(8-13)7-12(17-16)6-10-4-5-19-9-10/h2-5,8-9,12,17H,6-7,16H2,1H3. The number of benzene rings is 1. The lowest BCUT2D eigenvalue weighted by Crippen LogP contribution is -2.38. The van der Waals surface area contributed by atoms with Gasteiger partial charge in [0.05, 0.1) is 7.11 Å². The van der Waals surface area contributed by atoms with Gasteiger partial charge in [0, 0.05) is 10.5 Å². The molecular formula is C14H17BrN2OS. The van der Waals surface area contributed by atoms with Gasteiger partial charge in [0.1, 0.15) is 5.75 Å². The molecule has 1 aromatic carbocycles. The van der Waals surface area contributed by atoms with Crippen LogP contribution >= 0.6 is 27.3 Å². The SMILES string of the molecule is COc1ccc(Br)c(CC(Cc2ccsc2)NN)c1. The molecule has 0 aliphatic rings. The molecule has 19 heavy (non-hydrogen) atoms. The predicted octanol–water partition coefficient (Wildman–Crippen LogP) is 3.14. The van der Waals surface area contributed by atoms with Gasteiger partial charge in [0.15, 0.2) is 0 Å². The van der Waals surface area contributed by atoms with Crippen molar-refractivity contribution in [3.8, 4) is 5.75 Å². The molecule has 2 rings (SSSR count). The molecule has 0 saturated carbocycles. The van der Waals surface area contributed by atoms with Crippen molar-refractivity contribution in [1.29, 1.82) is 0 Å². The van der Waals surface area contributed by atoms with Crippen molar-refractivity contribution >= 4 is 27.3 Å². The summed E-state index contributed by atoms with van der Waals surface area (Å²) in [6.45, 7) is 0. The van der Waals surface area contributed by atoms with Crippen molar-refractivity contribution in [2.75, 3.05) is 7.11 Å². The van der Waals surface area contributed by atoms with E-state index in [0.717, 1.165) is 23.1 Å². The van der Waals surface area contributed by atoms with Crippen LogP contribution in [0, 0.1) is 0 Å². The number of hydrogen-bond donors (Lipinski definition) is 2. The van der Waals surface area contributed by atoms with Crippen LogP contribution in [0.5, 0.6) is 5.75 Å². The van der Waals surface area contributed by atoms with Crippen LogP contribution in [0.15, 0.2) is 39.5 Å². The molecule has 0 aliphatic heterocycles. The fraction of sp³-hybridized carbons (Fsp3) is 0.286. The first-order valence-electron chi connectivity index (χ1n) is 6.02. The van der Waals surface area contributed by atoms with Crippen molar-refractivity contribution in [2.45, 2.75) is 18.9 Å². The Morgan fingerprint density at radius 1 is 1.37 bits per heavy atom. The van der Waals surface area contributed by atoms with E-state index in [0.29, 0.717) is 0 Å². The maximum absolute atomic E-state index is 5.66. The lowest BCUT2D eigenvalue weighted by atomic mass is 10.0. The molecule has 0 fully saturated rings. The molecule has 0 radical (unpaired) electrons. The summed E-state index contributed by atoms with van der Waals surface area (Å²) in [4.78, 5) is 0. The van der Waals surface area contributed by atoms with Gasteiger partial charge < -0.3 is 4.74 Å². The summed E-state index contributed by atoms with van der Waals surface area (Å²) in [5.41, 5.74) is 5.40. The van der Waals surface area contributed by atoms with Gasteiger partial charge in [0.25, 0.3) is 0 Å². The molecule has 0 amide bonds. The molecule has 2 aromatic rings. The second kappa shape index (κ2) is 7.05. The number of hydrogen-bond acceptors (Lipinski definition) is 4. The maximum Gasteiger partial charge on any atom is 0.119 e. The first-order valence-corrected chi connectivity index (χ1v) is 7.76. The summed E-state index contributed by atoms with van der Waals surface area (Å²) in [5, 5.41) is 4.25. The van der Waals surface area contributed by atoms with Crippen LogP contribution < -0.4 is 16.0 Å². The van der Waals surface area contributed by atoms with Gasteiger partial charge in [-0.25, -0.2) is 0 Å². The second-order valence-electron chi connectivity index (χ2n) is 4.36. The number of rotatable bonds is 6. The number of methoxy groups -OCH3 is 1. The van der Waals surface area contributed by atoms with Gasteiger partial charge >= 0.3 is 0 Å². The van der Waals surface area contributed by atoms with Crippen LogP contribution in [0.2, 0.25) is 0 Å². The van der Waals surface area contributed by atoms with Crippen LogP contribution in [-0.4, -0.2) is 13.2 Å². The fourth-order valence-electron chi connectivity index (χ4n) is 1.98. The topological polar surface area (TPSA) is 47.3 Å². The quantitative estimate of drug-likeness (QED) is 0.627. The first kappa shape index (κ1) is 14.5. The van der Waals surface area contributed by atoms with Crippen LogP contribution in [0.4, 0.5) is 0 Å². The molecule has 1 heterocycles. The fourth-order valence-corrected chi connectivity index (χ4v) is 3.07. The number of nitrogens with one attached hydrogen (secondary N) is 1. The summed E-state index contributed by atoms with van der Waals surface area (Å²) in [6.07, 6.45) is 1.77. The zero-order valence-corrected chi connectivity index (χ0v) is 13.1. The van der Waals surface area contributed by atoms with Crippen LogP contribution in [0.1, 0.15) is 11.1 Å². The average molecular weight is 341 g/mol. The molecule has 1 atom stereocenters. The van der Waals surface area contributed by atoms with E-state index in [-0.39, 0.29) is 6.04 Å². The van der Waals surface area contributed by atoms with Gasteiger partial charge in [-0.05, 0) is 59.0 Å². The molecule has 3 nitrogen and oxygen atoms in total. The van der Waals surface area contributed by atoms with Gasteiger partial charge in [-0.3, -0.25) is 11.3 Å². The number of nitrogens with two attached hydrogens (primary N) is 1. The number of ether oxygens (including phenoxy) is 1. The highest BCUT2D eigenvalue weighted by Gasteiger charge is 2.12. The third-order valence-electron chi connectivity index (χ3n) is 3.02. The van der Waals surface area contributed by atoms with Gasteiger partial charge in [-0.15, -0.1) is 0 Å². The van der Waals surface area contributed by atoms with E-state index in [9.17, 15) is 0 Å². The minimum absolute atomic E-state index is 0.206. The summed E-state index contributed by atoms with van der Waals surface area (Å²) in [7, 11) is 1.68. The minimum Gasteiger partial charge on any atom is -0.497 e. The lowest BCUT2D eigenvalue weighted by Gasteiger charge is -2.16.